The van der Waals surface area contributed by atoms with Crippen LogP contribution in [0.3, 0.4) is 0 Å². The molecular weight excluding hydrogens is 322 g/mol. The molecule has 0 aliphatic heterocycles. The summed E-state index contributed by atoms with van der Waals surface area (Å²) in [5.41, 5.74) is 2.61. The van der Waals surface area contributed by atoms with Crippen LogP contribution < -0.4 is 5.32 Å². The molecule has 0 amide bonds. The van der Waals surface area contributed by atoms with Gasteiger partial charge in [0.2, 0.25) is 0 Å². The summed E-state index contributed by atoms with van der Waals surface area (Å²) in [5, 5.41) is 3.34. The second-order valence-corrected chi connectivity index (χ2v) is 9.17. The van der Waals surface area contributed by atoms with Crippen molar-refractivity contribution >= 4 is 16.2 Å². The Bertz CT molecular complexity index is 626. The third-order valence-electron chi connectivity index (χ3n) is 3.95. The maximum atomic E-state index is 10.7. The molecule has 0 saturated heterocycles. The number of nitrogens with one attached hydrogen (secondary N) is 1. The van der Waals surface area contributed by atoms with E-state index in [1.54, 1.807) is 0 Å². The van der Waals surface area contributed by atoms with Crippen molar-refractivity contribution in [1.29, 1.82) is 0 Å². The van der Waals surface area contributed by atoms with E-state index in [0.717, 1.165) is 5.56 Å². The fourth-order valence-electron chi connectivity index (χ4n) is 2.36. The second-order valence-electron chi connectivity index (χ2n) is 7.59. The highest BCUT2D eigenvalue weighted by atomic mass is 32.2. The predicted octanol–water partition coefficient (Wildman–Crippen LogP) is 3.89. The van der Waals surface area contributed by atoms with Gasteiger partial charge in [0, 0.05) is 6.04 Å². The lowest BCUT2D eigenvalue weighted by Crippen LogP contribution is -2.33. The van der Waals surface area contributed by atoms with Gasteiger partial charge in [-0.1, -0.05) is 71.0 Å². The Balaban J connectivity index is 2.62. The van der Waals surface area contributed by atoms with Gasteiger partial charge in [0.1, 0.15) is 0 Å². The van der Waals surface area contributed by atoms with E-state index < -0.39 is 10.1 Å². The number of hydrogen-bond acceptors (Lipinski definition) is 3. The Morgan fingerprint density at radius 1 is 1.17 bits per heavy atom. The van der Waals surface area contributed by atoms with Crippen LogP contribution in [-0.2, 0) is 15.5 Å². The van der Waals surface area contributed by atoms with Crippen LogP contribution in [0.5, 0.6) is 0 Å². The fraction of sp³-hybridized carbons (Fsp3) is 0.579. The molecule has 0 aromatic heterocycles. The first kappa shape index (κ1) is 20.9. The molecule has 5 heteroatoms. The maximum Gasteiger partial charge on any atom is 0.264 e. The molecule has 0 aliphatic rings. The normalized spacial score (nSPS) is 14.5. The number of rotatable bonds is 8. The van der Waals surface area contributed by atoms with Crippen LogP contribution in [0.2, 0.25) is 0 Å². The van der Waals surface area contributed by atoms with Crippen LogP contribution in [0.15, 0.2) is 30.3 Å². The van der Waals surface area contributed by atoms with Gasteiger partial charge in [0.25, 0.3) is 10.1 Å². The van der Waals surface area contributed by atoms with Gasteiger partial charge in [-0.3, -0.25) is 4.55 Å². The molecule has 1 rings (SSSR count). The first-order valence-corrected chi connectivity index (χ1v) is 10.1. The molecule has 0 bridgehead atoms. The minimum atomic E-state index is -3.87. The minimum Gasteiger partial charge on any atom is -0.310 e. The minimum absolute atomic E-state index is 0.150. The molecule has 1 atom stereocenters. The summed E-state index contributed by atoms with van der Waals surface area (Å²) in [6, 6.07) is 8.71. The van der Waals surface area contributed by atoms with Crippen LogP contribution in [0, 0.1) is 5.92 Å². The van der Waals surface area contributed by atoms with Crippen molar-refractivity contribution in [1.82, 2.24) is 5.32 Å². The van der Waals surface area contributed by atoms with Gasteiger partial charge in [-0.05, 0) is 35.4 Å². The lowest BCUT2D eigenvalue weighted by atomic mass is 9.86. The summed E-state index contributed by atoms with van der Waals surface area (Å²) in [6.07, 6.45) is 4.60. The van der Waals surface area contributed by atoms with Gasteiger partial charge in [-0.2, -0.15) is 8.42 Å². The number of hydrogen-bond donors (Lipinski definition) is 2. The van der Waals surface area contributed by atoms with E-state index >= 15 is 0 Å². The van der Waals surface area contributed by atoms with E-state index in [1.165, 1.54) is 5.56 Å². The third-order valence-corrected chi connectivity index (χ3v) is 4.75. The maximum absolute atomic E-state index is 10.7. The van der Waals surface area contributed by atoms with Crippen molar-refractivity contribution in [3.8, 4) is 0 Å². The molecule has 0 heterocycles. The van der Waals surface area contributed by atoms with Crippen molar-refractivity contribution in [3.05, 3.63) is 41.5 Å². The summed E-state index contributed by atoms with van der Waals surface area (Å²) < 4.78 is 30.2. The van der Waals surface area contributed by atoms with Crippen molar-refractivity contribution in [3.63, 3.8) is 0 Å². The Kier molecular flexibility index (Phi) is 7.64. The molecule has 0 saturated carbocycles. The number of benzene rings is 1. The quantitative estimate of drug-likeness (QED) is 0.550. The molecule has 136 valence electrons. The van der Waals surface area contributed by atoms with Crippen molar-refractivity contribution in [2.45, 2.75) is 52.5 Å². The average Bonchev–Trinajstić information content (AvgIpc) is 2.44. The molecular formula is C19H31NO3S. The van der Waals surface area contributed by atoms with Gasteiger partial charge in [0.05, 0.1) is 5.75 Å². The van der Waals surface area contributed by atoms with E-state index in [-0.39, 0.29) is 17.2 Å². The van der Waals surface area contributed by atoms with Gasteiger partial charge >= 0.3 is 0 Å². The van der Waals surface area contributed by atoms with Crippen LogP contribution in [-0.4, -0.2) is 31.3 Å². The molecule has 0 aliphatic carbocycles. The summed E-state index contributed by atoms with van der Waals surface area (Å²) in [4.78, 5) is 0. The molecule has 0 unspecified atom stereocenters. The fourth-order valence-corrected chi connectivity index (χ4v) is 2.87. The van der Waals surface area contributed by atoms with Crippen LogP contribution in [0.4, 0.5) is 0 Å². The van der Waals surface area contributed by atoms with E-state index in [4.69, 9.17) is 4.55 Å². The highest BCUT2D eigenvalue weighted by Gasteiger charge is 2.13. The smallest absolute Gasteiger partial charge is 0.264 e. The highest BCUT2D eigenvalue weighted by Crippen LogP contribution is 2.22. The van der Waals surface area contributed by atoms with Crippen molar-refractivity contribution in [2.75, 3.05) is 12.3 Å². The standard InChI is InChI=1S/C19H31NO3S/c1-15(2)18(20-13-6-14-24(21,22)23)12-9-16-7-10-17(11-8-16)19(3,4)5/h7-12,15,18,20H,6,13-14H2,1-5H3,(H,21,22,23)/b12-9+/t18-/m1/s1. The summed E-state index contributed by atoms with van der Waals surface area (Å²) in [7, 11) is -3.87. The first-order chi connectivity index (χ1) is 11.0. The molecule has 4 nitrogen and oxygen atoms in total. The van der Waals surface area contributed by atoms with Gasteiger partial charge in [0.15, 0.2) is 0 Å². The van der Waals surface area contributed by atoms with Crippen LogP contribution in [0.1, 0.15) is 52.2 Å². The lowest BCUT2D eigenvalue weighted by molar-refractivity contribution is 0.456. The average molecular weight is 354 g/mol. The van der Waals surface area contributed by atoms with Gasteiger partial charge < -0.3 is 5.32 Å². The summed E-state index contributed by atoms with van der Waals surface area (Å²) in [5.74, 6) is 0.184. The predicted molar refractivity (Wildman–Crippen MR) is 102 cm³/mol. The zero-order chi connectivity index (χ0) is 18.4. The SMILES string of the molecule is CC(C)[C@@H](/C=C/c1ccc(C(C)(C)C)cc1)NCCCS(=O)(=O)O. The Morgan fingerprint density at radius 3 is 2.21 bits per heavy atom. The van der Waals surface area contributed by atoms with Gasteiger partial charge in [-0.15, -0.1) is 0 Å². The largest absolute Gasteiger partial charge is 0.310 e. The van der Waals surface area contributed by atoms with E-state index in [0.29, 0.717) is 18.9 Å². The molecule has 0 fully saturated rings. The van der Waals surface area contributed by atoms with E-state index in [2.05, 4.69) is 76.4 Å². The second kappa shape index (κ2) is 8.79. The molecule has 0 radical (unpaired) electrons. The summed E-state index contributed by atoms with van der Waals surface area (Å²) >= 11 is 0. The van der Waals surface area contributed by atoms with Crippen molar-refractivity contribution in [2.24, 2.45) is 5.92 Å². The zero-order valence-electron chi connectivity index (χ0n) is 15.4. The monoisotopic (exact) mass is 353 g/mol. The van der Waals surface area contributed by atoms with Crippen LogP contribution in [0.25, 0.3) is 6.08 Å². The molecule has 1 aromatic rings. The van der Waals surface area contributed by atoms with Crippen LogP contribution >= 0.6 is 0 Å². The zero-order valence-corrected chi connectivity index (χ0v) is 16.2. The molecule has 24 heavy (non-hydrogen) atoms. The Hall–Kier alpha value is -1.17. The molecule has 1 aromatic carbocycles. The Morgan fingerprint density at radius 2 is 1.75 bits per heavy atom. The van der Waals surface area contributed by atoms with Gasteiger partial charge in [-0.25, -0.2) is 0 Å². The Labute approximate surface area is 147 Å². The van der Waals surface area contributed by atoms with E-state index in [1.807, 2.05) is 0 Å². The topological polar surface area (TPSA) is 66.4 Å². The summed E-state index contributed by atoms with van der Waals surface area (Å²) in [6.45, 7) is 11.4. The van der Waals surface area contributed by atoms with Crippen molar-refractivity contribution < 1.29 is 13.0 Å². The third kappa shape index (κ3) is 8.08. The molecule has 2 N–H and O–H groups in total. The van der Waals surface area contributed by atoms with E-state index in [9.17, 15) is 8.42 Å². The first-order valence-electron chi connectivity index (χ1n) is 8.46. The highest BCUT2D eigenvalue weighted by molar-refractivity contribution is 7.85. The molecule has 0 spiro atoms. The lowest BCUT2D eigenvalue weighted by Gasteiger charge is -2.20.